The summed E-state index contributed by atoms with van der Waals surface area (Å²) in [5.41, 5.74) is 0.744. The number of halogens is 1. The largest absolute Gasteiger partial charge is 0.480 e. The van der Waals surface area contributed by atoms with Crippen LogP contribution < -0.4 is 10.1 Å². The molecule has 2 nitrogen and oxygen atoms in total. The topological polar surface area (TPSA) is 21.3 Å². The van der Waals surface area contributed by atoms with Crippen LogP contribution in [0.2, 0.25) is 0 Å². The van der Waals surface area contributed by atoms with Gasteiger partial charge in [-0.15, -0.1) is 11.8 Å². The first-order chi connectivity index (χ1) is 6.27. The molecular weight excluding hydrogens is 189 g/mol. The van der Waals surface area contributed by atoms with Gasteiger partial charge in [-0.25, -0.2) is 4.39 Å². The Morgan fingerprint density at radius 2 is 2.31 bits per heavy atom. The number of thioether (sulfide) groups is 1. The van der Waals surface area contributed by atoms with E-state index in [4.69, 9.17) is 4.74 Å². The normalized spacial score (nSPS) is 9.77. The molecule has 1 N–H and O–H groups in total. The molecule has 72 valence electrons. The van der Waals surface area contributed by atoms with E-state index in [9.17, 15) is 4.39 Å². The van der Waals surface area contributed by atoms with Crippen LogP contribution in [0.4, 0.5) is 10.1 Å². The fraction of sp³-hybridized carbons (Fsp3) is 0.333. The summed E-state index contributed by atoms with van der Waals surface area (Å²) in [7, 11) is 1.75. The Kier molecular flexibility index (Phi) is 3.89. The van der Waals surface area contributed by atoms with Gasteiger partial charge in [-0.1, -0.05) is 0 Å². The van der Waals surface area contributed by atoms with Crippen molar-refractivity contribution in [1.82, 2.24) is 0 Å². The fourth-order valence-electron chi connectivity index (χ4n) is 0.896. The maximum Gasteiger partial charge on any atom is 0.167 e. The quantitative estimate of drug-likeness (QED) is 0.756. The van der Waals surface area contributed by atoms with Crippen LogP contribution in [-0.4, -0.2) is 19.2 Å². The van der Waals surface area contributed by atoms with Gasteiger partial charge in [0.1, 0.15) is 5.94 Å². The van der Waals surface area contributed by atoms with E-state index in [0.717, 1.165) is 5.69 Å². The van der Waals surface area contributed by atoms with Crippen LogP contribution in [0, 0.1) is 5.82 Å². The van der Waals surface area contributed by atoms with Crippen molar-refractivity contribution in [1.29, 1.82) is 0 Å². The van der Waals surface area contributed by atoms with Crippen molar-refractivity contribution < 1.29 is 9.13 Å². The third-order valence-electron chi connectivity index (χ3n) is 1.55. The van der Waals surface area contributed by atoms with Crippen LogP contribution in [-0.2, 0) is 0 Å². The molecule has 0 spiro atoms. The van der Waals surface area contributed by atoms with Crippen molar-refractivity contribution in [2.24, 2.45) is 0 Å². The fourth-order valence-corrected chi connectivity index (χ4v) is 1.14. The Balaban J connectivity index is 2.73. The molecule has 0 aliphatic heterocycles. The minimum absolute atomic E-state index is 0.299. The summed E-state index contributed by atoms with van der Waals surface area (Å²) in [5, 5.41) is 2.85. The van der Waals surface area contributed by atoms with E-state index in [-0.39, 0.29) is 5.82 Å². The van der Waals surface area contributed by atoms with Gasteiger partial charge in [0.25, 0.3) is 0 Å². The molecule has 0 heterocycles. The zero-order chi connectivity index (χ0) is 9.68. The summed E-state index contributed by atoms with van der Waals surface area (Å²) in [4.78, 5) is 0. The lowest BCUT2D eigenvalue weighted by atomic mass is 10.3. The minimum Gasteiger partial charge on any atom is -0.480 e. The molecule has 1 rings (SSSR count). The highest BCUT2D eigenvalue weighted by Gasteiger charge is 2.02. The molecule has 4 heteroatoms. The van der Waals surface area contributed by atoms with Gasteiger partial charge in [0.2, 0.25) is 0 Å². The average molecular weight is 201 g/mol. The summed E-state index contributed by atoms with van der Waals surface area (Å²) in [6.45, 7) is 0. The van der Waals surface area contributed by atoms with E-state index < -0.39 is 0 Å². The second-order valence-electron chi connectivity index (χ2n) is 2.45. The van der Waals surface area contributed by atoms with Crippen molar-refractivity contribution in [2.75, 3.05) is 24.6 Å². The first kappa shape index (κ1) is 10.2. The molecule has 1 aromatic carbocycles. The molecule has 0 atom stereocenters. The zero-order valence-corrected chi connectivity index (χ0v) is 8.45. The second kappa shape index (κ2) is 4.97. The maximum atomic E-state index is 13.2. The monoisotopic (exact) mass is 201 g/mol. The summed E-state index contributed by atoms with van der Waals surface area (Å²) < 4.78 is 18.3. The Labute approximate surface area is 81.5 Å². The molecule has 0 saturated heterocycles. The number of rotatable bonds is 4. The van der Waals surface area contributed by atoms with Gasteiger partial charge in [-0.3, -0.25) is 0 Å². The van der Waals surface area contributed by atoms with E-state index in [1.165, 1.54) is 17.8 Å². The molecule has 0 aliphatic carbocycles. The zero-order valence-electron chi connectivity index (χ0n) is 7.63. The molecule has 0 unspecified atom stereocenters. The van der Waals surface area contributed by atoms with Crippen LogP contribution in [0.3, 0.4) is 0 Å². The molecule has 0 saturated carbocycles. The molecular formula is C9H12FNOS. The van der Waals surface area contributed by atoms with Crippen molar-refractivity contribution in [2.45, 2.75) is 0 Å². The Bertz CT molecular complexity index is 280. The van der Waals surface area contributed by atoms with Gasteiger partial charge in [0.15, 0.2) is 11.6 Å². The summed E-state index contributed by atoms with van der Waals surface area (Å²) >= 11 is 1.51. The lowest BCUT2D eigenvalue weighted by molar-refractivity contribution is 0.368. The van der Waals surface area contributed by atoms with Gasteiger partial charge < -0.3 is 10.1 Å². The van der Waals surface area contributed by atoms with Crippen molar-refractivity contribution >= 4 is 17.4 Å². The van der Waals surface area contributed by atoms with Crippen molar-refractivity contribution in [3.63, 3.8) is 0 Å². The minimum atomic E-state index is -0.332. The predicted octanol–water partition coefficient (Wildman–Crippen LogP) is 2.57. The predicted molar refractivity (Wildman–Crippen MR) is 55.0 cm³/mol. The SMILES string of the molecule is CNc1ccc(OCSC)c(F)c1. The van der Waals surface area contributed by atoms with E-state index in [0.29, 0.717) is 11.7 Å². The van der Waals surface area contributed by atoms with Crippen molar-refractivity contribution in [3.8, 4) is 5.75 Å². The number of nitrogens with one attached hydrogen (secondary N) is 1. The van der Waals surface area contributed by atoms with Crippen LogP contribution in [0.5, 0.6) is 5.75 Å². The first-order valence-corrected chi connectivity index (χ1v) is 5.26. The van der Waals surface area contributed by atoms with E-state index in [2.05, 4.69) is 5.32 Å². The number of hydrogen-bond acceptors (Lipinski definition) is 3. The third kappa shape index (κ3) is 2.81. The number of anilines is 1. The Morgan fingerprint density at radius 1 is 1.54 bits per heavy atom. The molecule has 0 bridgehead atoms. The molecule has 0 aromatic heterocycles. The average Bonchev–Trinajstić information content (AvgIpc) is 2.16. The summed E-state index contributed by atoms with van der Waals surface area (Å²) in [6, 6.07) is 4.81. The molecule has 0 amide bonds. The lowest BCUT2D eigenvalue weighted by Crippen LogP contribution is -1.96. The van der Waals surface area contributed by atoms with E-state index in [1.807, 2.05) is 6.26 Å². The number of ether oxygens (including phenoxy) is 1. The summed E-state index contributed by atoms with van der Waals surface area (Å²) in [6.07, 6.45) is 1.90. The first-order valence-electron chi connectivity index (χ1n) is 3.87. The molecule has 0 aliphatic rings. The maximum absolute atomic E-state index is 13.2. The van der Waals surface area contributed by atoms with Gasteiger partial charge in [0, 0.05) is 18.8 Å². The molecule has 0 fully saturated rings. The molecule has 1 aromatic rings. The summed E-state index contributed by atoms with van der Waals surface area (Å²) in [5.74, 6) is 0.435. The highest BCUT2D eigenvalue weighted by molar-refractivity contribution is 7.98. The smallest absolute Gasteiger partial charge is 0.167 e. The second-order valence-corrected chi connectivity index (χ2v) is 3.26. The Hall–Kier alpha value is -0.900. The molecule has 13 heavy (non-hydrogen) atoms. The van der Waals surface area contributed by atoms with Crippen LogP contribution in [0.15, 0.2) is 18.2 Å². The number of hydrogen-bond donors (Lipinski definition) is 1. The lowest BCUT2D eigenvalue weighted by Gasteiger charge is -2.06. The third-order valence-corrected chi connectivity index (χ3v) is 1.91. The van der Waals surface area contributed by atoms with Crippen LogP contribution in [0.25, 0.3) is 0 Å². The van der Waals surface area contributed by atoms with Crippen LogP contribution >= 0.6 is 11.8 Å². The number of benzene rings is 1. The van der Waals surface area contributed by atoms with E-state index in [1.54, 1.807) is 19.2 Å². The van der Waals surface area contributed by atoms with Gasteiger partial charge in [0.05, 0.1) is 0 Å². The van der Waals surface area contributed by atoms with Crippen LogP contribution in [0.1, 0.15) is 0 Å². The van der Waals surface area contributed by atoms with Gasteiger partial charge in [-0.05, 0) is 18.4 Å². The highest BCUT2D eigenvalue weighted by atomic mass is 32.2. The molecule has 0 radical (unpaired) electrons. The highest BCUT2D eigenvalue weighted by Crippen LogP contribution is 2.21. The van der Waals surface area contributed by atoms with Crippen molar-refractivity contribution in [3.05, 3.63) is 24.0 Å². The standard InChI is InChI=1S/C9H12FNOS/c1-11-7-3-4-9(8(10)5-7)12-6-13-2/h3-5,11H,6H2,1-2H3. The van der Waals surface area contributed by atoms with Gasteiger partial charge in [-0.2, -0.15) is 0 Å². The Morgan fingerprint density at radius 3 is 2.85 bits per heavy atom. The van der Waals surface area contributed by atoms with Gasteiger partial charge >= 0.3 is 0 Å². The van der Waals surface area contributed by atoms with E-state index >= 15 is 0 Å².